The zero-order chi connectivity index (χ0) is 20.9. The maximum Gasteiger partial charge on any atom is 0.302 e. The van der Waals surface area contributed by atoms with Crippen molar-refractivity contribution in [2.24, 2.45) is 0 Å². The van der Waals surface area contributed by atoms with Gasteiger partial charge in [0.25, 0.3) is 5.91 Å². The fourth-order valence-corrected chi connectivity index (χ4v) is 3.59. The molecule has 4 aromatic rings. The lowest BCUT2D eigenvalue weighted by atomic mass is 9.78. The average molecular weight is 405 g/mol. The van der Waals surface area contributed by atoms with Crippen LogP contribution in [0.5, 0.6) is 0 Å². The molecule has 0 fully saturated rings. The fraction of sp³-hybridized carbons (Fsp3) is 0.150. The number of hydrogen-bond donors (Lipinski definition) is 2. The van der Waals surface area contributed by atoms with Crippen molar-refractivity contribution in [2.45, 2.75) is 18.8 Å². The first-order valence-electron chi connectivity index (χ1n) is 9.17. The van der Waals surface area contributed by atoms with Gasteiger partial charge in [0.15, 0.2) is 16.8 Å². The molecule has 5 rings (SSSR count). The summed E-state index contributed by atoms with van der Waals surface area (Å²) in [6.45, 7) is 2.11. The second kappa shape index (κ2) is 6.48. The molecule has 1 atom stereocenters. The summed E-state index contributed by atoms with van der Waals surface area (Å²) in [6.07, 6.45) is 5.75. The lowest BCUT2D eigenvalue weighted by Crippen LogP contribution is -2.34. The number of halogens is 1. The van der Waals surface area contributed by atoms with Crippen molar-refractivity contribution in [3.05, 3.63) is 58.7 Å². The number of carbonyl (C=O) groups is 1. The molecule has 1 unspecified atom stereocenters. The van der Waals surface area contributed by atoms with Gasteiger partial charge in [0.05, 0.1) is 5.39 Å². The monoisotopic (exact) mass is 405 g/mol. The van der Waals surface area contributed by atoms with E-state index in [0.29, 0.717) is 10.8 Å². The maximum absolute atomic E-state index is 13.9. The molecular formula is C20H16FN7O2. The van der Waals surface area contributed by atoms with Crippen LogP contribution in [0.4, 0.5) is 16.3 Å². The van der Waals surface area contributed by atoms with E-state index in [1.165, 1.54) is 0 Å². The Morgan fingerprint density at radius 3 is 2.90 bits per heavy atom. The molecule has 9 nitrogen and oxygen atoms in total. The van der Waals surface area contributed by atoms with E-state index >= 15 is 0 Å². The number of oxazole rings is 1. The van der Waals surface area contributed by atoms with E-state index in [4.69, 9.17) is 10.2 Å². The van der Waals surface area contributed by atoms with E-state index in [9.17, 15) is 9.28 Å². The molecule has 1 aliphatic carbocycles. The number of fused-ring (bicyclic) bond motifs is 2. The van der Waals surface area contributed by atoms with E-state index in [2.05, 4.69) is 44.4 Å². The molecule has 0 aliphatic heterocycles. The Morgan fingerprint density at radius 1 is 1.30 bits per heavy atom. The largest absolute Gasteiger partial charge is 0.424 e. The third-order valence-electron chi connectivity index (χ3n) is 5.17. The standard InChI is InChI=1S/C20H16FN7O2/c1-20(11-5-3-2-4-6-11)8-7-13-12(9-20)25-19(30-13)26-18(29)15-14-16(22)23-10-24-17(14)28(21)27-15/h2-7,9-10H,8H2,1H3,(H2,22,23,24)(H,25,26,29). The fourth-order valence-electron chi connectivity index (χ4n) is 3.59. The van der Waals surface area contributed by atoms with Gasteiger partial charge in [0.2, 0.25) is 0 Å². The Morgan fingerprint density at radius 2 is 2.10 bits per heavy atom. The van der Waals surface area contributed by atoms with Gasteiger partial charge in [-0.1, -0.05) is 46.6 Å². The maximum atomic E-state index is 13.9. The van der Waals surface area contributed by atoms with Crippen LogP contribution in [0.25, 0.3) is 23.2 Å². The van der Waals surface area contributed by atoms with Crippen LogP contribution in [-0.2, 0) is 5.41 Å². The summed E-state index contributed by atoms with van der Waals surface area (Å²) in [7, 11) is 0. The van der Waals surface area contributed by atoms with Crippen molar-refractivity contribution in [1.82, 2.24) is 25.0 Å². The van der Waals surface area contributed by atoms with Crippen LogP contribution >= 0.6 is 0 Å². The number of anilines is 2. The highest BCUT2D eigenvalue weighted by Gasteiger charge is 2.27. The molecule has 0 bridgehead atoms. The molecule has 3 aromatic heterocycles. The summed E-state index contributed by atoms with van der Waals surface area (Å²) in [4.78, 5) is 24.6. The van der Waals surface area contributed by atoms with Gasteiger partial charge in [-0.25, -0.2) is 9.97 Å². The average Bonchev–Trinajstić information content (AvgIpc) is 3.29. The van der Waals surface area contributed by atoms with Crippen LogP contribution in [0.1, 0.15) is 29.4 Å². The van der Waals surface area contributed by atoms with Crippen LogP contribution in [-0.4, -0.2) is 30.9 Å². The summed E-state index contributed by atoms with van der Waals surface area (Å²) in [5.74, 6) is -0.789. The molecule has 30 heavy (non-hydrogen) atoms. The molecule has 150 valence electrons. The smallest absolute Gasteiger partial charge is 0.302 e. The van der Waals surface area contributed by atoms with Crippen molar-refractivity contribution < 1.29 is 13.7 Å². The summed E-state index contributed by atoms with van der Waals surface area (Å²) < 4.78 is 19.6. The number of carbonyl (C=O) groups excluding carboxylic acids is 1. The number of amides is 1. The molecule has 1 amide bonds. The first kappa shape index (κ1) is 18.0. The highest BCUT2D eigenvalue weighted by molar-refractivity contribution is 6.12. The number of rotatable bonds is 3. The van der Waals surface area contributed by atoms with E-state index in [1.54, 1.807) is 0 Å². The minimum Gasteiger partial charge on any atom is -0.424 e. The van der Waals surface area contributed by atoms with Crippen molar-refractivity contribution in [3.8, 4) is 0 Å². The van der Waals surface area contributed by atoms with Gasteiger partial charge >= 0.3 is 6.01 Å². The molecule has 0 radical (unpaired) electrons. The lowest BCUT2D eigenvalue weighted by Gasteiger charge is -2.26. The SMILES string of the molecule is CC1(c2ccccc2)C=c2nc(NC(=O)c3nn(F)c4ncnc(N)c34)oc2=CC1. The Labute approximate surface area is 168 Å². The zero-order valence-electron chi connectivity index (χ0n) is 15.8. The quantitative estimate of drug-likeness (QED) is 0.526. The van der Waals surface area contributed by atoms with E-state index in [-0.39, 0.29) is 38.9 Å². The Kier molecular flexibility index (Phi) is 3.88. The van der Waals surface area contributed by atoms with Gasteiger partial charge in [0.1, 0.15) is 17.5 Å². The predicted octanol–water partition coefficient (Wildman–Crippen LogP) is 1.30. The van der Waals surface area contributed by atoms with E-state index in [1.807, 2.05) is 30.4 Å². The van der Waals surface area contributed by atoms with Gasteiger partial charge in [-0.3, -0.25) is 10.1 Å². The second-order valence-electron chi connectivity index (χ2n) is 7.22. The van der Waals surface area contributed by atoms with Crippen LogP contribution in [0.2, 0.25) is 0 Å². The number of nitrogens with one attached hydrogen (secondary N) is 1. The number of benzene rings is 1. The molecular weight excluding hydrogens is 389 g/mol. The summed E-state index contributed by atoms with van der Waals surface area (Å²) in [5.41, 5.74) is 6.77. The van der Waals surface area contributed by atoms with Gasteiger partial charge in [-0.15, -0.1) is 5.10 Å². The zero-order valence-corrected chi connectivity index (χ0v) is 15.8. The number of aromatic nitrogens is 5. The summed E-state index contributed by atoms with van der Waals surface area (Å²) in [6, 6.07) is 10.0. The molecule has 3 heterocycles. The Balaban J connectivity index is 1.49. The van der Waals surface area contributed by atoms with Crippen LogP contribution < -0.4 is 21.8 Å². The van der Waals surface area contributed by atoms with Crippen LogP contribution in [0.15, 0.2) is 41.1 Å². The first-order valence-corrected chi connectivity index (χ1v) is 9.17. The molecule has 1 aliphatic rings. The Bertz CT molecular complexity index is 1410. The third kappa shape index (κ3) is 2.81. The number of nitrogens with two attached hydrogens (primary N) is 1. The number of nitrogen functional groups attached to an aromatic ring is 1. The minimum absolute atomic E-state index is 0.0172. The van der Waals surface area contributed by atoms with E-state index < -0.39 is 5.91 Å². The second-order valence-corrected chi connectivity index (χ2v) is 7.22. The molecule has 10 heteroatoms. The van der Waals surface area contributed by atoms with Crippen molar-refractivity contribution in [3.63, 3.8) is 0 Å². The number of nitrogens with zero attached hydrogens (tertiary/aromatic N) is 5. The van der Waals surface area contributed by atoms with E-state index in [0.717, 1.165) is 18.3 Å². The summed E-state index contributed by atoms with van der Waals surface area (Å²) in [5, 5.41) is 6.70. The molecule has 0 spiro atoms. The normalized spacial score (nSPS) is 17.8. The van der Waals surface area contributed by atoms with Crippen LogP contribution in [0, 0.1) is 0 Å². The van der Waals surface area contributed by atoms with Gasteiger partial charge < -0.3 is 10.2 Å². The molecule has 3 N–H and O–H groups in total. The molecule has 0 saturated carbocycles. The van der Waals surface area contributed by atoms with Gasteiger partial charge in [-0.05, 0) is 24.1 Å². The number of hydrogen-bond acceptors (Lipinski definition) is 7. The Hall–Kier alpha value is -4.08. The third-order valence-corrected chi connectivity index (χ3v) is 5.17. The highest BCUT2D eigenvalue weighted by Crippen LogP contribution is 2.31. The summed E-state index contributed by atoms with van der Waals surface area (Å²) >= 11 is 0. The minimum atomic E-state index is -0.734. The highest BCUT2D eigenvalue weighted by atomic mass is 19.2. The van der Waals surface area contributed by atoms with Crippen LogP contribution in [0.3, 0.4) is 0 Å². The predicted molar refractivity (Wildman–Crippen MR) is 107 cm³/mol. The first-order chi connectivity index (χ1) is 14.4. The van der Waals surface area contributed by atoms with Crippen molar-refractivity contribution >= 4 is 40.9 Å². The lowest BCUT2D eigenvalue weighted by molar-refractivity contribution is 0.101. The topological polar surface area (TPSA) is 125 Å². The molecule has 0 saturated heterocycles. The molecule has 1 aromatic carbocycles. The van der Waals surface area contributed by atoms with Gasteiger partial charge in [-0.2, -0.15) is 4.98 Å². The van der Waals surface area contributed by atoms with Crippen molar-refractivity contribution in [1.29, 1.82) is 0 Å². The van der Waals surface area contributed by atoms with Crippen molar-refractivity contribution in [2.75, 3.05) is 11.1 Å². The van der Waals surface area contributed by atoms with Gasteiger partial charge in [0, 0.05) is 5.41 Å².